The lowest BCUT2D eigenvalue weighted by Crippen LogP contribution is -2.23. The van der Waals surface area contributed by atoms with Crippen LogP contribution in [0.5, 0.6) is 11.5 Å². The van der Waals surface area contributed by atoms with Gasteiger partial charge in [0.1, 0.15) is 11.6 Å². The number of carbonyl (C=O) groups excluding carboxylic acids is 1. The van der Waals surface area contributed by atoms with Crippen LogP contribution in [0.25, 0.3) is 6.08 Å². The van der Waals surface area contributed by atoms with E-state index in [1.165, 1.54) is 6.07 Å². The molecule has 0 aromatic heterocycles. The summed E-state index contributed by atoms with van der Waals surface area (Å²) in [6, 6.07) is 9.12. The van der Waals surface area contributed by atoms with Crippen LogP contribution in [0.15, 0.2) is 42.5 Å². The van der Waals surface area contributed by atoms with Crippen LogP contribution in [0.3, 0.4) is 0 Å². The lowest BCUT2D eigenvalue weighted by Gasteiger charge is -2.04. The first-order valence-electron chi connectivity index (χ1n) is 7.42. The number of ether oxygens (including phenoxy) is 2. The Balaban J connectivity index is 1.52. The molecule has 4 nitrogen and oxygen atoms in total. The van der Waals surface area contributed by atoms with Crippen LogP contribution in [0.4, 0.5) is 8.78 Å². The Kier molecular flexibility index (Phi) is 4.74. The van der Waals surface area contributed by atoms with Gasteiger partial charge in [-0.15, -0.1) is 0 Å². The number of hydrogen-bond acceptors (Lipinski definition) is 3. The lowest BCUT2D eigenvalue weighted by molar-refractivity contribution is -0.116. The summed E-state index contributed by atoms with van der Waals surface area (Å²) in [6.07, 6.45) is 2.84. The molecular formula is C18H15F2NO3. The fraction of sp³-hybridized carbons (Fsp3) is 0.167. The van der Waals surface area contributed by atoms with Gasteiger partial charge < -0.3 is 14.8 Å². The van der Waals surface area contributed by atoms with Gasteiger partial charge in [0.15, 0.2) is 11.5 Å². The van der Waals surface area contributed by atoms with Crippen molar-refractivity contribution >= 4 is 12.0 Å². The molecule has 0 radical (unpaired) electrons. The number of carbonyl (C=O) groups is 1. The third-order valence-corrected chi connectivity index (χ3v) is 3.55. The van der Waals surface area contributed by atoms with Gasteiger partial charge in [0.25, 0.3) is 0 Å². The predicted octanol–water partition coefficient (Wildman–Crippen LogP) is 3.07. The standard InChI is InChI=1S/C18H15F2NO3/c19-14-2-1-3-15(20)13(14)5-7-18(22)21-9-8-12-4-6-16-17(10-12)24-11-23-16/h1-7,10H,8-9,11H2,(H,21,22)/b7-5+. The summed E-state index contributed by atoms with van der Waals surface area (Å²) in [5.41, 5.74) is 0.757. The van der Waals surface area contributed by atoms with Crippen LogP contribution < -0.4 is 14.8 Å². The van der Waals surface area contributed by atoms with Crippen molar-refractivity contribution in [1.29, 1.82) is 0 Å². The largest absolute Gasteiger partial charge is 0.454 e. The Morgan fingerprint density at radius 3 is 2.67 bits per heavy atom. The highest BCUT2D eigenvalue weighted by atomic mass is 19.1. The number of rotatable bonds is 5. The zero-order chi connectivity index (χ0) is 16.9. The highest BCUT2D eigenvalue weighted by Crippen LogP contribution is 2.32. The van der Waals surface area contributed by atoms with Crippen LogP contribution in [0, 0.1) is 11.6 Å². The van der Waals surface area contributed by atoms with Gasteiger partial charge in [-0.1, -0.05) is 12.1 Å². The van der Waals surface area contributed by atoms with Gasteiger partial charge in [-0.2, -0.15) is 0 Å². The van der Waals surface area contributed by atoms with Crippen molar-refractivity contribution in [2.75, 3.05) is 13.3 Å². The molecule has 0 fully saturated rings. The molecule has 0 aliphatic carbocycles. The average molecular weight is 331 g/mol. The SMILES string of the molecule is O=C(/C=C/c1c(F)cccc1F)NCCc1ccc2c(c1)OCO2. The molecule has 0 spiro atoms. The molecule has 1 N–H and O–H groups in total. The van der Waals surface area contributed by atoms with Gasteiger partial charge >= 0.3 is 0 Å². The van der Waals surface area contributed by atoms with Crippen molar-refractivity contribution in [1.82, 2.24) is 5.32 Å². The number of benzene rings is 2. The van der Waals surface area contributed by atoms with Gasteiger partial charge in [-0.05, 0) is 42.3 Å². The first-order valence-corrected chi connectivity index (χ1v) is 7.42. The van der Waals surface area contributed by atoms with Crippen molar-refractivity contribution in [3.63, 3.8) is 0 Å². The zero-order valence-corrected chi connectivity index (χ0v) is 12.7. The third-order valence-electron chi connectivity index (χ3n) is 3.55. The maximum absolute atomic E-state index is 13.4. The van der Waals surface area contributed by atoms with Crippen LogP contribution in [-0.2, 0) is 11.2 Å². The average Bonchev–Trinajstić information content (AvgIpc) is 3.02. The van der Waals surface area contributed by atoms with E-state index in [-0.39, 0.29) is 12.4 Å². The Hall–Kier alpha value is -2.89. The van der Waals surface area contributed by atoms with Crippen LogP contribution in [0.1, 0.15) is 11.1 Å². The number of fused-ring (bicyclic) bond motifs is 1. The normalized spacial score (nSPS) is 12.6. The van der Waals surface area contributed by atoms with E-state index in [2.05, 4.69) is 5.32 Å². The molecule has 6 heteroatoms. The molecule has 1 heterocycles. The summed E-state index contributed by atoms with van der Waals surface area (Å²) >= 11 is 0. The van der Waals surface area contributed by atoms with Gasteiger partial charge in [0.05, 0.1) is 0 Å². The number of halogens is 2. The molecule has 0 atom stereocenters. The molecule has 2 aromatic rings. The second-order valence-electron chi connectivity index (χ2n) is 5.20. The van der Waals surface area contributed by atoms with E-state index in [9.17, 15) is 13.6 Å². The fourth-order valence-electron chi connectivity index (χ4n) is 2.31. The van der Waals surface area contributed by atoms with Crippen LogP contribution >= 0.6 is 0 Å². The monoisotopic (exact) mass is 331 g/mol. The molecule has 124 valence electrons. The summed E-state index contributed by atoms with van der Waals surface area (Å²) in [4.78, 5) is 11.7. The third kappa shape index (κ3) is 3.71. The summed E-state index contributed by atoms with van der Waals surface area (Å²) in [7, 11) is 0. The first-order chi connectivity index (χ1) is 11.6. The van der Waals surface area contributed by atoms with Gasteiger partial charge in [-0.25, -0.2) is 8.78 Å². The molecule has 2 aromatic carbocycles. The maximum Gasteiger partial charge on any atom is 0.244 e. The van der Waals surface area contributed by atoms with Crippen LogP contribution in [0.2, 0.25) is 0 Å². The highest BCUT2D eigenvalue weighted by molar-refractivity contribution is 5.91. The van der Waals surface area contributed by atoms with Crippen molar-refractivity contribution in [3.8, 4) is 11.5 Å². The molecule has 0 saturated carbocycles. The van der Waals surface area contributed by atoms with Crippen LogP contribution in [-0.4, -0.2) is 19.2 Å². The maximum atomic E-state index is 13.4. The summed E-state index contributed by atoms with van der Waals surface area (Å²) < 4.78 is 37.4. The lowest BCUT2D eigenvalue weighted by atomic mass is 10.1. The van der Waals surface area contributed by atoms with E-state index in [0.29, 0.717) is 24.5 Å². The molecule has 0 unspecified atom stereocenters. The summed E-state index contributed by atoms with van der Waals surface area (Å²) in [6.45, 7) is 0.607. The first kappa shape index (κ1) is 16.0. The van der Waals surface area contributed by atoms with Crippen molar-refractivity contribution < 1.29 is 23.0 Å². The van der Waals surface area contributed by atoms with Crippen molar-refractivity contribution in [2.24, 2.45) is 0 Å². The smallest absolute Gasteiger partial charge is 0.244 e. The Morgan fingerprint density at radius 1 is 1.12 bits per heavy atom. The van der Waals surface area contributed by atoms with Crippen molar-refractivity contribution in [3.05, 3.63) is 65.2 Å². The summed E-state index contributed by atoms with van der Waals surface area (Å²) in [5, 5.41) is 2.67. The number of hydrogen-bond donors (Lipinski definition) is 1. The Morgan fingerprint density at radius 2 is 1.88 bits per heavy atom. The summed E-state index contributed by atoms with van der Waals surface area (Å²) in [5.74, 6) is -0.441. The van der Waals surface area contributed by atoms with Gasteiger partial charge in [0.2, 0.25) is 12.7 Å². The number of nitrogens with one attached hydrogen (secondary N) is 1. The number of amides is 1. The Bertz CT molecular complexity index is 770. The second kappa shape index (κ2) is 7.12. The Labute approximate surface area is 137 Å². The minimum Gasteiger partial charge on any atom is -0.454 e. The van der Waals surface area contributed by atoms with Gasteiger partial charge in [0, 0.05) is 18.2 Å². The zero-order valence-electron chi connectivity index (χ0n) is 12.7. The second-order valence-corrected chi connectivity index (χ2v) is 5.20. The molecule has 1 amide bonds. The highest BCUT2D eigenvalue weighted by Gasteiger charge is 2.13. The van der Waals surface area contributed by atoms with Crippen molar-refractivity contribution in [2.45, 2.75) is 6.42 Å². The molecular weight excluding hydrogens is 316 g/mol. The van der Waals surface area contributed by atoms with E-state index in [1.54, 1.807) is 0 Å². The van der Waals surface area contributed by atoms with Gasteiger partial charge in [-0.3, -0.25) is 4.79 Å². The fourth-order valence-corrected chi connectivity index (χ4v) is 2.31. The van der Waals surface area contributed by atoms with E-state index in [4.69, 9.17) is 9.47 Å². The minimum atomic E-state index is -0.709. The molecule has 0 bridgehead atoms. The van der Waals surface area contributed by atoms with E-state index >= 15 is 0 Å². The predicted molar refractivity (Wildman–Crippen MR) is 84.7 cm³/mol. The molecule has 24 heavy (non-hydrogen) atoms. The quantitative estimate of drug-likeness (QED) is 0.857. The van der Waals surface area contributed by atoms with E-state index < -0.39 is 17.5 Å². The molecule has 1 aliphatic rings. The van der Waals surface area contributed by atoms with E-state index in [1.807, 2.05) is 18.2 Å². The molecule has 3 rings (SSSR count). The van der Waals surface area contributed by atoms with E-state index in [0.717, 1.165) is 29.8 Å². The molecule has 1 aliphatic heterocycles. The topological polar surface area (TPSA) is 47.6 Å². The minimum absolute atomic E-state index is 0.215. The molecule has 0 saturated heterocycles.